The van der Waals surface area contributed by atoms with Crippen molar-refractivity contribution in [3.05, 3.63) is 29.8 Å². The molecule has 0 aliphatic carbocycles. The minimum Gasteiger partial charge on any atom is -0.420 e. The zero-order valence-corrected chi connectivity index (χ0v) is 10.1. The van der Waals surface area contributed by atoms with Gasteiger partial charge in [0.2, 0.25) is 0 Å². The molecule has 0 aliphatic heterocycles. The van der Waals surface area contributed by atoms with Crippen LogP contribution in [0, 0.1) is 0 Å². The standard InChI is InChI=1S/C13H15F3O2/c1-2-3-4-5-10-6-8-11(9-7-10)18-12(17)13(14,15)16/h6-9H,2-5H2,1H3. The number of carbonyl (C=O) groups excluding carboxylic acids is 1. The largest absolute Gasteiger partial charge is 0.491 e. The number of rotatable bonds is 5. The Hall–Kier alpha value is -1.52. The summed E-state index contributed by atoms with van der Waals surface area (Å²) in [5.41, 5.74) is 1.02. The topological polar surface area (TPSA) is 26.3 Å². The van der Waals surface area contributed by atoms with Crippen LogP contribution in [0.5, 0.6) is 5.75 Å². The van der Waals surface area contributed by atoms with Crippen LogP contribution in [-0.2, 0) is 11.2 Å². The summed E-state index contributed by atoms with van der Waals surface area (Å²) in [4.78, 5) is 10.6. The third-order valence-electron chi connectivity index (χ3n) is 2.43. The molecule has 0 amide bonds. The van der Waals surface area contributed by atoms with E-state index in [0.29, 0.717) is 0 Å². The summed E-state index contributed by atoms with van der Waals surface area (Å²) in [5.74, 6) is -2.28. The van der Waals surface area contributed by atoms with Crippen LogP contribution in [0.1, 0.15) is 31.7 Å². The van der Waals surface area contributed by atoms with Gasteiger partial charge in [0.1, 0.15) is 5.75 Å². The van der Waals surface area contributed by atoms with Crippen LogP contribution in [0.15, 0.2) is 24.3 Å². The van der Waals surface area contributed by atoms with Crippen molar-refractivity contribution in [1.29, 1.82) is 0 Å². The number of benzene rings is 1. The van der Waals surface area contributed by atoms with E-state index in [4.69, 9.17) is 0 Å². The molecule has 18 heavy (non-hydrogen) atoms. The number of hydrogen-bond donors (Lipinski definition) is 0. The lowest BCUT2D eigenvalue weighted by atomic mass is 10.1. The van der Waals surface area contributed by atoms with Crippen LogP contribution < -0.4 is 4.74 Å². The predicted octanol–water partition coefficient (Wildman–Crippen LogP) is 3.89. The molecule has 1 rings (SSSR count). The molecule has 0 aliphatic rings. The molecule has 0 heterocycles. The molecule has 0 aromatic heterocycles. The molecule has 100 valence electrons. The maximum Gasteiger partial charge on any atom is 0.491 e. The first kappa shape index (κ1) is 14.5. The monoisotopic (exact) mass is 260 g/mol. The molecule has 0 saturated carbocycles. The fraction of sp³-hybridized carbons (Fsp3) is 0.462. The van der Waals surface area contributed by atoms with E-state index < -0.39 is 12.1 Å². The number of unbranched alkanes of at least 4 members (excludes halogenated alkanes) is 2. The van der Waals surface area contributed by atoms with Crippen LogP contribution in [0.2, 0.25) is 0 Å². The molecule has 0 spiro atoms. The number of halogens is 3. The van der Waals surface area contributed by atoms with Gasteiger partial charge in [-0.1, -0.05) is 31.9 Å². The van der Waals surface area contributed by atoms with Crippen LogP contribution in [-0.4, -0.2) is 12.1 Å². The summed E-state index contributed by atoms with van der Waals surface area (Å²) < 4.78 is 40.0. The highest BCUT2D eigenvalue weighted by Crippen LogP contribution is 2.20. The van der Waals surface area contributed by atoms with Crippen molar-refractivity contribution in [2.24, 2.45) is 0 Å². The molecule has 0 radical (unpaired) electrons. The van der Waals surface area contributed by atoms with Gasteiger partial charge in [-0.25, -0.2) is 4.79 Å². The highest BCUT2D eigenvalue weighted by molar-refractivity contribution is 5.78. The van der Waals surface area contributed by atoms with Crippen molar-refractivity contribution in [2.45, 2.75) is 38.8 Å². The van der Waals surface area contributed by atoms with E-state index in [1.165, 1.54) is 12.1 Å². The van der Waals surface area contributed by atoms with Gasteiger partial charge >= 0.3 is 12.1 Å². The van der Waals surface area contributed by atoms with Gasteiger partial charge in [0, 0.05) is 0 Å². The maximum atomic E-state index is 11.9. The third kappa shape index (κ3) is 4.77. The molecule has 5 heteroatoms. The fourth-order valence-corrected chi connectivity index (χ4v) is 1.47. The molecule has 0 atom stereocenters. The predicted molar refractivity (Wildman–Crippen MR) is 61.4 cm³/mol. The molecule has 2 nitrogen and oxygen atoms in total. The van der Waals surface area contributed by atoms with Gasteiger partial charge in [0.25, 0.3) is 0 Å². The summed E-state index contributed by atoms with van der Waals surface area (Å²) >= 11 is 0. The highest BCUT2D eigenvalue weighted by Gasteiger charge is 2.41. The Labute approximate surface area is 104 Å². The van der Waals surface area contributed by atoms with E-state index in [-0.39, 0.29) is 5.75 Å². The van der Waals surface area contributed by atoms with E-state index in [1.54, 1.807) is 12.1 Å². The third-order valence-corrected chi connectivity index (χ3v) is 2.43. The molecular formula is C13H15F3O2. The Morgan fingerprint density at radius 2 is 1.78 bits per heavy atom. The van der Waals surface area contributed by atoms with Crippen LogP contribution >= 0.6 is 0 Å². The second-order valence-electron chi connectivity index (χ2n) is 3.99. The average Bonchev–Trinajstić information content (AvgIpc) is 2.30. The van der Waals surface area contributed by atoms with E-state index >= 15 is 0 Å². The van der Waals surface area contributed by atoms with Crippen molar-refractivity contribution in [3.8, 4) is 5.75 Å². The summed E-state index contributed by atoms with van der Waals surface area (Å²) in [6, 6.07) is 6.11. The number of ether oxygens (including phenoxy) is 1. The van der Waals surface area contributed by atoms with Crippen molar-refractivity contribution in [3.63, 3.8) is 0 Å². The van der Waals surface area contributed by atoms with Crippen LogP contribution in [0.3, 0.4) is 0 Å². The minimum absolute atomic E-state index is 0.0865. The van der Waals surface area contributed by atoms with E-state index in [1.807, 2.05) is 0 Å². The molecule has 0 saturated heterocycles. The summed E-state index contributed by atoms with van der Waals surface area (Å²) in [7, 11) is 0. The van der Waals surface area contributed by atoms with Gasteiger partial charge in [-0.3, -0.25) is 0 Å². The zero-order valence-electron chi connectivity index (χ0n) is 10.1. The summed E-state index contributed by atoms with van der Waals surface area (Å²) in [6.45, 7) is 2.10. The van der Waals surface area contributed by atoms with Crippen LogP contribution in [0.4, 0.5) is 13.2 Å². The van der Waals surface area contributed by atoms with Crippen molar-refractivity contribution >= 4 is 5.97 Å². The molecular weight excluding hydrogens is 245 g/mol. The first-order valence-corrected chi connectivity index (χ1v) is 5.81. The highest BCUT2D eigenvalue weighted by atomic mass is 19.4. The minimum atomic E-state index is -4.96. The van der Waals surface area contributed by atoms with Crippen molar-refractivity contribution in [2.75, 3.05) is 0 Å². The molecule has 0 unspecified atom stereocenters. The second-order valence-corrected chi connectivity index (χ2v) is 3.99. The smallest absolute Gasteiger partial charge is 0.420 e. The maximum absolute atomic E-state index is 11.9. The summed E-state index contributed by atoms with van der Waals surface area (Å²) in [6.07, 6.45) is -0.814. The lowest BCUT2D eigenvalue weighted by Gasteiger charge is -2.07. The first-order valence-electron chi connectivity index (χ1n) is 5.81. The zero-order chi connectivity index (χ0) is 13.6. The Morgan fingerprint density at radius 1 is 1.17 bits per heavy atom. The number of carbonyl (C=O) groups is 1. The molecule has 1 aromatic rings. The van der Waals surface area contributed by atoms with Crippen molar-refractivity contribution in [1.82, 2.24) is 0 Å². The Morgan fingerprint density at radius 3 is 2.28 bits per heavy atom. The van der Waals surface area contributed by atoms with Crippen molar-refractivity contribution < 1.29 is 22.7 Å². The Bertz CT molecular complexity index is 382. The molecule has 0 fully saturated rings. The SMILES string of the molecule is CCCCCc1ccc(OC(=O)C(F)(F)F)cc1. The number of aryl methyl sites for hydroxylation is 1. The lowest BCUT2D eigenvalue weighted by molar-refractivity contribution is -0.189. The van der Waals surface area contributed by atoms with Gasteiger partial charge in [-0.05, 0) is 30.5 Å². The van der Waals surface area contributed by atoms with E-state index in [9.17, 15) is 18.0 Å². The second kappa shape index (κ2) is 6.42. The molecule has 0 bridgehead atoms. The Kier molecular flexibility index (Phi) is 5.19. The summed E-state index contributed by atoms with van der Waals surface area (Å²) in [5, 5.41) is 0. The fourth-order valence-electron chi connectivity index (χ4n) is 1.47. The molecule has 1 aromatic carbocycles. The van der Waals surface area contributed by atoms with Gasteiger partial charge in [0.15, 0.2) is 0 Å². The molecule has 0 N–H and O–H groups in total. The normalized spacial score (nSPS) is 11.3. The first-order chi connectivity index (χ1) is 8.43. The number of alkyl halides is 3. The number of esters is 1. The quantitative estimate of drug-likeness (QED) is 0.456. The van der Waals surface area contributed by atoms with Gasteiger partial charge in [-0.2, -0.15) is 13.2 Å². The Balaban J connectivity index is 2.53. The average molecular weight is 260 g/mol. The van der Waals surface area contributed by atoms with Gasteiger partial charge in [-0.15, -0.1) is 0 Å². The van der Waals surface area contributed by atoms with E-state index in [2.05, 4.69) is 11.7 Å². The van der Waals surface area contributed by atoms with E-state index in [0.717, 1.165) is 31.2 Å². The van der Waals surface area contributed by atoms with Crippen LogP contribution in [0.25, 0.3) is 0 Å². The lowest BCUT2D eigenvalue weighted by Crippen LogP contribution is -2.27. The van der Waals surface area contributed by atoms with Gasteiger partial charge in [0.05, 0.1) is 0 Å². The number of hydrogen-bond acceptors (Lipinski definition) is 2. The van der Waals surface area contributed by atoms with Gasteiger partial charge < -0.3 is 4.74 Å².